The van der Waals surface area contributed by atoms with Crippen LogP contribution in [0.25, 0.3) is 27.8 Å². The minimum absolute atomic E-state index is 0.00367. The van der Waals surface area contributed by atoms with Gasteiger partial charge < -0.3 is 14.8 Å². The molecule has 1 unspecified atom stereocenters. The third kappa shape index (κ3) is 5.46. The van der Waals surface area contributed by atoms with Crippen LogP contribution in [0, 0.1) is 6.92 Å². The van der Waals surface area contributed by atoms with Crippen LogP contribution in [-0.4, -0.2) is 51.5 Å². The first-order chi connectivity index (χ1) is 20.0. The number of methoxy groups -OCH3 is 1. The molecule has 2 N–H and O–H groups in total. The van der Waals surface area contributed by atoms with E-state index in [0.29, 0.717) is 18.8 Å². The highest BCUT2D eigenvalue weighted by Gasteiger charge is 2.37. The van der Waals surface area contributed by atoms with Gasteiger partial charge in [-0.2, -0.15) is 10.2 Å². The number of aromatic nitrogens is 4. The molecule has 0 radical (unpaired) electrons. The fraction of sp³-hybridized carbons (Fsp3) is 0.281. The maximum absolute atomic E-state index is 13.6. The van der Waals surface area contributed by atoms with Crippen LogP contribution in [0.1, 0.15) is 30.1 Å². The first kappa shape index (κ1) is 26.7. The van der Waals surface area contributed by atoms with E-state index in [-0.39, 0.29) is 24.3 Å². The molecule has 41 heavy (non-hydrogen) atoms. The molecule has 3 heterocycles. The number of carbonyl (C=O) groups excluding carboxylic acids is 1. The summed E-state index contributed by atoms with van der Waals surface area (Å²) in [6, 6.07) is 25.5. The number of urea groups is 1. The number of rotatable bonds is 8. The largest absolute Gasteiger partial charge is 0.385 e. The molecule has 9 heteroatoms. The Labute approximate surface area is 239 Å². The SMILES string of the molecule is COCCC1C[C@@H](NC(=O)Nc2c(C)c(-c3ccc4c(cnn4C)c3)nn2-c2ccccc2)[C@H](c2ccccc2)O1. The molecule has 1 aliphatic rings. The first-order valence-electron chi connectivity index (χ1n) is 13.9. The summed E-state index contributed by atoms with van der Waals surface area (Å²) >= 11 is 0. The summed E-state index contributed by atoms with van der Waals surface area (Å²) in [5.74, 6) is 0.612. The van der Waals surface area contributed by atoms with E-state index < -0.39 is 0 Å². The van der Waals surface area contributed by atoms with E-state index in [1.165, 1.54) is 0 Å². The summed E-state index contributed by atoms with van der Waals surface area (Å²) < 4.78 is 15.3. The fourth-order valence-electron chi connectivity index (χ4n) is 5.58. The molecule has 1 saturated heterocycles. The molecular formula is C32H34N6O3. The van der Waals surface area contributed by atoms with Gasteiger partial charge in [0.25, 0.3) is 0 Å². The molecule has 210 valence electrons. The Bertz CT molecular complexity index is 1650. The van der Waals surface area contributed by atoms with Gasteiger partial charge in [-0.05, 0) is 49.6 Å². The van der Waals surface area contributed by atoms with E-state index in [4.69, 9.17) is 14.6 Å². The van der Waals surface area contributed by atoms with Crippen LogP contribution in [-0.2, 0) is 16.5 Å². The van der Waals surface area contributed by atoms with Crippen molar-refractivity contribution in [2.75, 3.05) is 19.0 Å². The maximum atomic E-state index is 13.6. The Hall–Kier alpha value is -4.47. The highest BCUT2D eigenvalue weighted by molar-refractivity contribution is 5.92. The van der Waals surface area contributed by atoms with E-state index in [1.54, 1.807) is 11.8 Å². The second kappa shape index (κ2) is 11.6. The lowest BCUT2D eigenvalue weighted by Gasteiger charge is -2.21. The van der Waals surface area contributed by atoms with Gasteiger partial charge in [0.1, 0.15) is 11.9 Å². The predicted molar refractivity (Wildman–Crippen MR) is 159 cm³/mol. The number of benzene rings is 3. The van der Waals surface area contributed by atoms with Crippen LogP contribution in [0.3, 0.4) is 0 Å². The van der Waals surface area contributed by atoms with Crippen molar-refractivity contribution in [1.82, 2.24) is 24.9 Å². The number of anilines is 1. The molecule has 0 bridgehead atoms. The number of amides is 2. The molecule has 9 nitrogen and oxygen atoms in total. The van der Waals surface area contributed by atoms with Gasteiger partial charge in [0, 0.05) is 37.3 Å². The van der Waals surface area contributed by atoms with Crippen molar-refractivity contribution >= 4 is 22.8 Å². The quantitative estimate of drug-likeness (QED) is 0.255. The zero-order valence-electron chi connectivity index (χ0n) is 23.4. The summed E-state index contributed by atoms with van der Waals surface area (Å²) in [6.45, 7) is 2.59. The Balaban J connectivity index is 1.30. The van der Waals surface area contributed by atoms with Gasteiger partial charge in [-0.15, -0.1) is 0 Å². The van der Waals surface area contributed by atoms with Gasteiger partial charge in [0.15, 0.2) is 0 Å². The molecule has 3 aromatic carbocycles. The minimum Gasteiger partial charge on any atom is -0.385 e. The number of hydrogen-bond donors (Lipinski definition) is 2. The normalized spacial score (nSPS) is 18.6. The topological polar surface area (TPSA) is 95.2 Å². The van der Waals surface area contributed by atoms with E-state index in [1.807, 2.05) is 97.6 Å². The number of carbonyl (C=O) groups is 1. The average Bonchev–Trinajstić information content (AvgIpc) is 3.68. The van der Waals surface area contributed by atoms with Gasteiger partial charge in [-0.25, -0.2) is 9.48 Å². The van der Waals surface area contributed by atoms with Crippen molar-refractivity contribution < 1.29 is 14.3 Å². The molecule has 1 fully saturated rings. The molecule has 6 rings (SSSR count). The predicted octanol–water partition coefficient (Wildman–Crippen LogP) is 5.79. The maximum Gasteiger partial charge on any atom is 0.320 e. The van der Waals surface area contributed by atoms with Crippen LogP contribution < -0.4 is 10.6 Å². The van der Waals surface area contributed by atoms with Gasteiger partial charge in [0.05, 0.1) is 35.2 Å². The molecule has 1 aliphatic heterocycles. The minimum atomic E-state index is -0.304. The summed E-state index contributed by atoms with van der Waals surface area (Å²) in [7, 11) is 3.61. The average molecular weight is 551 g/mol. The van der Waals surface area contributed by atoms with Crippen molar-refractivity contribution in [2.45, 2.75) is 38.0 Å². The molecular weight excluding hydrogens is 516 g/mol. The summed E-state index contributed by atoms with van der Waals surface area (Å²) in [5.41, 5.74) is 5.55. The number of nitrogens with zero attached hydrogens (tertiary/aromatic N) is 4. The lowest BCUT2D eigenvalue weighted by Crippen LogP contribution is -2.40. The Morgan fingerprint density at radius 1 is 1.07 bits per heavy atom. The Morgan fingerprint density at radius 2 is 1.83 bits per heavy atom. The third-order valence-electron chi connectivity index (χ3n) is 7.68. The highest BCUT2D eigenvalue weighted by Crippen LogP contribution is 2.35. The number of nitrogens with one attached hydrogen (secondary N) is 2. The molecule has 0 spiro atoms. The fourth-order valence-corrected chi connectivity index (χ4v) is 5.58. The molecule has 2 amide bonds. The van der Waals surface area contributed by atoms with Gasteiger partial charge in [0.2, 0.25) is 0 Å². The standard InChI is InChI=1S/C32H34N6O3/c1-21-29(23-14-15-28-24(18-23)20-33-37(28)2)36-38(25-12-8-5-9-13-25)31(21)35-32(39)34-27-19-26(16-17-40-3)41-30(27)22-10-6-4-7-11-22/h4-15,18,20,26-27,30H,16-17,19H2,1-3H3,(H2,34,35,39)/t26?,27-,30+/m1/s1. The van der Waals surface area contributed by atoms with Crippen molar-refractivity contribution in [3.8, 4) is 16.9 Å². The number of fused-ring (bicyclic) bond motifs is 1. The van der Waals surface area contributed by atoms with Crippen molar-refractivity contribution in [3.63, 3.8) is 0 Å². The van der Waals surface area contributed by atoms with Crippen LogP contribution in [0.5, 0.6) is 0 Å². The Kier molecular flexibility index (Phi) is 7.54. The lowest BCUT2D eigenvalue weighted by atomic mass is 10.0. The molecule has 3 atom stereocenters. The first-order valence-corrected chi connectivity index (χ1v) is 13.9. The van der Waals surface area contributed by atoms with Crippen molar-refractivity contribution in [1.29, 1.82) is 0 Å². The van der Waals surface area contributed by atoms with E-state index in [0.717, 1.165) is 45.4 Å². The van der Waals surface area contributed by atoms with E-state index >= 15 is 0 Å². The van der Waals surface area contributed by atoms with Crippen LogP contribution in [0.4, 0.5) is 10.6 Å². The number of aryl methyl sites for hydroxylation is 1. The zero-order chi connectivity index (χ0) is 28.3. The van der Waals surface area contributed by atoms with Crippen LogP contribution in [0.2, 0.25) is 0 Å². The molecule has 0 aliphatic carbocycles. The number of para-hydroxylation sites is 1. The third-order valence-corrected chi connectivity index (χ3v) is 7.68. The highest BCUT2D eigenvalue weighted by atomic mass is 16.5. The monoisotopic (exact) mass is 550 g/mol. The van der Waals surface area contributed by atoms with Crippen LogP contribution in [0.15, 0.2) is 85.1 Å². The molecule has 0 saturated carbocycles. The van der Waals surface area contributed by atoms with Gasteiger partial charge in [-0.3, -0.25) is 10.00 Å². The van der Waals surface area contributed by atoms with Crippen molar-refractivity contribution in [3.05, 3.63) is 96.2 Å². The van der Waals surface area contributed by atoms with E-state index in [2.05, 4.69) is 21.8 Å². The zero-order valence-corrected chi connectivity index (χ0v) is 23.4. The van der Waals surface area contributed by atoms with Crippen molar-refractivity contribution in [2.24, 2.45) is 7.05 Å². The summed E-state index contributed by atoms with van der Waals surface area (Å²) in [6.07, 6.45) is 3.07. The molecule has 5 aromatic rings. The number of hydrogen-bond acceptors (Lipinski definition) is 5. The van der Waals surface area contributed by atoms with Gasteiger partial charge >= 0.3 is 6.03 Å². The van der Waals surface area contributed by atoms with E-state index in [9.17, 15) is 4.79 Å². The lowest BCUT2D eigenvalue weighted by molar-refractivity contribution is 0.0212. The Morgan fingerprint density at radius 3 is 2.59 bits per heavy atom. The summed E-state index contributed by atoms with van der Waals surface area (Å²) in [5, 5.41) is 16.7. The second-order valence-electron chi connectivity index (χ2n) is 10.4. The smallest absolute Gasteiger partial charge is 0.320 e. The molecule has 2 aromatic heterocycles. The van der Waals surface area contributed by atoms with Crippen LogP contribution >= 0.6 is 0 Å². The van der Waals surface area contributed by atoms with Gasteiger partial charge in [-0.1, -0.05) is 54.6 Å². The second-order valence-corrected chi connectivity index (χ2v) is 10.4. The summed E-state index contributed by atoms with van der Waals surface area (Å²) in [4.78, 5) is 13.6. The number of ether oxygens (including phenoxy) is 2.